The third kappa shape index (κ3) is 5.54. The summed E-state index contributed by atoms with van der Waals surface area (Å²) in [7, 11) is -2.90. The van der Waals surface area contributed by atoms with Crippen LogP contribution in [0.1, 0.15) is 24.4 Å². The van der Waals surface area contributed by atoms with Gasteiger partial charge in [-0.1, -0.05) is 17.7 Å². The topological polar surface area (TPSA) is 60.2 Å². The molecule has 0 fully saturated rings. The molecule has 0 spiro atoms. The monoisotopic (exact) mass is 387 g/mol. The van der Waals surface area contributed by atoms with Gasteiger partial charge in [0.2, 0.25) is 0 Å². The molecule has 0 aliphatic rings. The average molecular weight is 388 g/mol. The molecule has 0 saturated carbocycles. The molecule has 0 saturated heterocycles. The lowest BCUT2D eigenvalue weighted by Crippen LogP contribution is -2.12. The first-order valence-corrected chi connectivity index (χ1v) is 8.69. The SMILES string of the molecule is CS(=O)(=O)CCCC(N)c1ccc(I)c(Cl)c1. The Morgan fingerprint density at radius 3 is 2.65 bits per heavy atom. The van der Waals surface area contributed by atoms with Gasteiger partial charge in [-0.3, -0.25) is 0 Å². The normalized spacial score (nSPS) is 13.6. The van der Waals surface area contributed by atoms with Crippen molar-refractivity contribution < 1.29 is 8.42 Å². The second kappa shape index (κ2) is 6.36. The Kier molecular flexibility index (Phi) is 5.69. The largest absolute Gasteiger partial charge is 0.324 e. The van der Waals surface area contributed by atoms with Gasteiger partial charge in [-0.15, -0.1) is 0 Å². The quantitative estimate of drug-likeness (QED) is 0.790. The van der Waals surface area contributed by atoms with Crippen molar-refractivity contribution in [3.8, 4) is 0 Å². The van der Waals surface area contributed by atoms with Crippen LogP contribution in [0.2, 0.25) is 5.02 Å². The molecule has 0 radical (unpaired) electrons. The average Bonchev–Trinajstić information content (AvgIpc) is 2.20. The standard InChI is InChI=1S/C11H15ClINO2S/c1-17(15,16)6-2-3-11(14)8-4-5-10(13)9(12)7-8/h4-5,7,11H,2-3,6,14H2,1H3. The maximum absolute atomic E-state index is 11.0. The Bertz CT molecular complexity index is 490. The van der Waals surface area contributed by atoms with Gasteiger partial charge in [-0.05, 0) is 53.1 Å². The molecule has 0 bridgehead atoms. The van der Waals surface area contributed by atoms with Gasteiger partial charge in [-0.25, -0.2) is 8.42 Å². The molecule has 1 aromatic carbocycles. The van der Waals surface area contributed by atoms with E-state index in [0.717, 1.165) is 9.13 Å². The second-order valence-electron chi connectivity index (χ2n) is 4.05. The van der Waals surface area contributed by atoms with Crippen LogP contribution in [0.25, 0.3) is 0 Å². The molecule has 0 aromatic heterocycles. The van der Waals surface area contributed by atoms with Crippen molar-refractivity contribution in [2.24, 2.45) is 5.73 Å². The van der Waals surface area contributed by atoms with Crippen molar-refractivity contribution in [1.29, 1.82) is 0 Å². The van der Waals surface area contributed by atoms with Gasteiger partial charge in [0.1, 0.15) is 9.84 Å². The molecule has 6 heteroatoms. The third-order valence-corrected chi connectivity index (χ3v) is 5.00. The minimum absolute atomic E-state index is 0.161. The van der Waals surface area contributed by atoms with Crippen molar-refractivity contribution in [2.45, 2.75) is 18.9 Å². The fourth-order valence-electron chi connectivity index (χ4n) is 1.48. The summed E-state index contributed by atoms with van der Waals surface area (Å²) in [6, 6.07) is 5.52. The highest BCUT2D eigenvalue weighted by Crippen LogP contribution is 2.24. The van der Waals surface area contributed by atoms with E-state index in [-0.39, 0.29) is 11.8 Å². The van der Waals surface area contributed by atoms with Gasteiger partial charge in [0.05, 0.1) is 5.02 Å². The van der Waals surface area contributed by atoms with Crippen molar-refractivity contribution >= 4 is 44.0 Å². The molecule has 0 amide bonds. The molecular formula is C11H15ClINO2S. The number of nitrogens with two attached hydrogens (primary N) is 1. The molecule has 0 aliphatic carbocycles. The Hall–Kier alpha value is 0.150. The molecule has 0 heterocycles. The molecule has 2 N–H and O–H groups in total. The molecule has 96 valence electrons. The van der Waals surface area contributed by atoms with Gasteiger partial charge in [0, 0.05) is 21.6 Å². The van der Waals surface area contributed by atoms with Gasteiger partial charge in [0.15, 0.2) is 0 Å². The molecule has 3 nitrogen and oxygen atoms in total. The smallest absolute Gasteiger partial charge is 0.147 e. The first-order valence-electron chi connectivity index (χ1n) is 5.18. The van der Waals surface area contributed by atoms with Crippen molar-refractivity contribution in [1.82, 2.24) is 0 Å². The van der Waals surface area contributed by atoms with Gasteiger partial charge >= 0.3 is 0 Å². The lowest BCUT2D eigenvalue weighted by molar-refractivity contribution is 0.588. The first kappa shape index (κ1) is 15.2. The minimum Gasteiger partial charge on any atom is -0.324 e. The van der Waals surface area contributed by atoms with E-state index in [1.54, 1.807) is 0 Å². The highest BCUT2D eigenvalue weighted by molar-refractivity contribution is 14.1. The zero-order chi connectivity index (χ0) is 13.1. The Morgan fingerprint density at radius 2 is 2.12 bits per heavy atom. The van der Waals surface area contributed by atoms with Crippen LogP contribution in [0.5, 0.6) is 0 Å². The van der Waals surface area contributed by atoms with Crippen LogP contribution >= 0.6 is 34.2 Å². The van der Waals surface area contributed by atoms with Crippen LogP contribution in [-0.2, 0) is 9.84 Å². The van der Waals surface area contributed by atoms with Crippen molar-refractivity contribution in [2.75, 3.05) is 12.0 Å². The summed E-state index contributed by atoms with van der Waals surface area (Å²) >= 11 is 8.16. The summed E-state index contributed by atoms with van der Waals surface area (Å²) in [5, 5.41) is 0.682. The van der Waals surface area contributed by atoms with Crippen molar-refractivity contribution in [3.05, 3.63) is 32.4 Å². The summed E-state index contributed by atoms with van der Waals surface area (Å²) in [5.74, 6) is 0.179. The van der Waals surface area contributed by atoms with Crippen LogP contribution in [0, 0.1) is 3.57 Å². The molecule has 0 aliphatic heterocycles. The predicted octanol–water partition coefficient (Wildman–Crippen LogP) is 2.77. The van der Waals surface area contributed by atoms with E-state index in [0.29, 0.717) is 17.9 Å². The van der Waals surface area contributed by atoms with Crippen molar-refractivity contribution in [3.63, 3.8) is 0 Å². The summed E-state index contributed by atoms with van der Waals surface area (Å²) < 4.78 is 23.0. The summed E-state index contributed by atoms with van der Waals surface area (Å²) in [6.07, 6.45) is 2.45. The van der Waals surface area contributed by atoms with E-state index < -0.39 is 9.84 Å². The van der Waals surface area contributed by atoms with E-state index >= 15 is 0 Å². The Labute approximate surface area is 121 Å². The fraction of sp³-hybridized carbons (Fsp3) is 0.455. The molecular weight excluding hydrogens is 373 g/mol. The number of rotatable bonds is 5. The molecule has 1 atom stereocenters. The van der Waals surface area contributed by atoms with Crippen LogP contribution in [-0.4, -0.2) is 20.4 Å². The third-order valence-electron chi connectivity index (χ3n) is 2.40. The van der Waals surface area contributed by atoms with Gasteiger partial charge < -0.3 is 5.73 Å². The van der Waals surface area contributed by atoms with Crippen LogP contribution in [0.4, 0.5) is 0 Å². The molecule has 17 heavy (non-hydrogen) atoms. The number of hydrogen-bond acceptors (Lipinski definition) is 3. The van der Waals surface area contributed by atoms with Gasteiger partial charge in [-0.2, -0.15) is 0 Å². The van der Waals surface area contributed by atoms with E-state index in [2.05, 4.69) is 22.6 Å². The van der Waals surface area contributed by atoms with Crippen LogP contribution in [0.3, 0.4) is 0 Å². The highest BCUT2D eigenvalue weighted by Gasteiger charge is 2.09. The number of benzene rings is 1. The minimum atomic E-state index is -2.90. The Morgan fingerprint density at radius 1 is 1.47 bits per heavy atom. The molecule has 1 rings (SSSR count). The predicted molar refractivity (Wildman–Crippen MR) is 80.0 cm³/mol. The maximum atomic E-state index is 11.0. The first-order chi connectivity index (χ1) is 7.79. The van der Waals surface area contributed by atoms with Crippen LogP contribution < -0.4 is 5.73 Å². The molecule has 1 aromatic rings. The number of hydrogen-bond donors (Lipinski definition) is 1. The maximum Gasteiger partial charge on any atom is 0.147 e. The Balaban J connectivity index is 2.58. The van der Waals surface area contributed by atoms with E-state index in [1.165, 1.54) is 6.26 Å². The van der Waals surface area contributed by atoms with E-state index in [1.807, 2.05) is 18.2 Å². The fourth-order valence-corrected chi connectivity index (χ4v) is 2.69. The zero-order valence-electron chi connectivity index (χ0n) is 9.49. The second-order valence-corrected chi connectivity index (χ2v) is 7.88. The lowest BCUT2D eigenvalue weighted by Gasteiger charge is -2.12. The highest BCUT2D eigenvalue weighted by atomic mass is 127. The lowest BCUT2D eigenvalue weighted by atomic mass is 10.0. The molecule has 1 unspecified atom stereocenters. The number of sulfone groups is 1. The summed E-state index contributed by atoms with van der Waals surface area (Å²) in [4.78, 5) is 0. The number of halogens is 2. The van der Waals surface area contributed by atoms with Crippen LogP contribution in [0.15, 0.2) is 18.2 Å². The summed E-state index contributed by atoms with van der Waals surface area (Å²) in [6.45, 7) is 0. The van der Waals surface area contributed by atoms with E-state index in [4.69, 9.17) is 17.3 Å². The van der Waals surface area contributed by atoms with E-state index in [9.17, 15) is 8.42 Å². The summed E-state index contributed by atoms with van der Waals surface area (Å²) in [5.41, 5.74) is 6.94. The van der Waals surface area contributed by atoms with Gasteiger partial charge in [0.25, 0.3) is 0 Å². The zero-order valence-corrected chi connectivity index (χ0v) is 13.2.